The first-order chi connectivity index (χ1) is 8.85. The van der Waals surface area contributed by atoms with Crippen molar-refractivity contribution in [1.29, 1.82) is 0 Å². The van der Waals surface area contributed by atoms with Gasteiger partial charge in [-0.15, -0.1) is 10.2 Å². The molecule has 0 unspecified atom stereocenters. The third-order valence-electron chi connectivity index (χ3n) is 2.52. The lowest BCUT2D eigenvalue weighted by atomic mass is 10.2. The number of nitrogens with zero attached hydrogens (tertiary/aromatic N) is 2. The van der Waals surface area contributed by atoms with Gasteiger partial charge in [-0.3, -0.25) is 0 Å². The third-order valence-corrected chi connectivity index (χ3v) is 3.48. The highest BCUT2D eigenvalue weighted by molar-refractivity contribution is 7.14. The molecule has 5 nitrogen and oxygen atoms in total. The summed E-state index contributed by atoms with van der Waals surface area (Å²) in [5.41, 5.74) is 1.05. The number of aromatic nitrogens is 2. The second-order valence-electron chi connectivity index (χ2n) is 3.78. The SMILES string of the molecule is CCc1occc1-c1nnc(CNCCOC)s1. The zero-order valence-electron chi connectivity index (χ0n) is 10.6. The van der Waals surface area contributed by atoms with Gasteiger partial charge in [-0.25, -0.2) is 0 Å². The van der Waals surface area contributed by atoms with E-state index in [-0.39, 0.29) is 0 Å². The quantitative estimate of drug-likeness (QED) is 0.778. The van der Waals surface area contributed by atoms with Gasteiger partial charge in [0, 0.05) is 26.6 Å². The number of nitrogens with one attached hydrogen (secondary N) is 1. The Morgan fingerprint density at radius 3 is 3.11 bits per heavy atom. The van der Waals surface area contributed by atoms with Crippen LogP contribution in [0.3, 0.4) is 0 Å². The molecule has 0 fully saturated rings. The van der Waals surface area contributed by atoms with Crippen molar-refractivity contribution in [3.05, 3.63) is 23.1 Å². The smallest absolute Gasteiger partial charge is 0.151 e. The number of ether oxygens (including phenoxy) is 1. The van der Waals surface area contributed by atoms with E-state index in [1.165, 1.54) is 0 Å². The van der Waals surface area contributed by atoms with Crippen molar-refractivity contribution in [2.45, 2.75) is 19.9 Å². The second-order valence-corrected chi connectivity index (χ2v) is 4.84. The Bertz CT molecular complexity index is 481. The molecule has 0 saturated heterocycles. The lowest BCUT2D eigenvalue weighted by molar-refractivity contribution is 0.199. The van der Waals surface area contributed by atoms with Crippen molar-refractivity contribution in [3.63, 3.8) is 0 Å². The molecule has 1 N–H and O–H groups in total. The van der Waals surface area contributed by atoms with Crippen LogP contribution < -0.4 is 5.32 Å². The van der Waals surface area contributed by atoms with Gasteiger partial charge >= 0.3 is 0 Å². The van der Waals surface area contributed by atoms with Crippen molar-refractivity contribution >= 4 is 11.3 Å². The summed E-state index contributed by atoms with van der Waals surface area (Å²) in [4.78, 5) is 0. The summed E-state index contributed by atoms with van der Waals surface area (Å²) in [6.45, 7) is 4.31. The van der Waals surface area contributed by atoms with Gasteiger partial charge in [0.05, 0.1) is 18.4 Å². The number of aryl methyl sites for hydroxylation is 1. The van der Waals surface area contributed by atoms with E-state index < -0.39 is 0 Å². The van der Waals surface area contributed by atoms with E-state index in [4.69, 9.17) is 9.15 Å². The van der Waals surface area contributed by atoms with Gasteiger partial charge in [0.1, 0.15) is 10.8 Å². The van der Waals surface area contributed by atoms with Gasteiger partial charge in [-0.1, -0.05) is 18.3 Å². The number of hydrogen-bond donors (Lipinski definition) is 1. The predicted molar refractivity (Wildman–Crippen MR) is 70.6 cm³/mol. The highest BCUT2D eigenvalue weighted by Crippen LogP contribution is 2.28. The van der Waals surface area contributed by atoms with Crippen LogP contribution in [0.2, 0.25) is 0 Å². The van der Waals surface area contributed by atoms with E-state index in [1.807, 2.05) is 6.07 Å². The van der Waals surface area contributed by atoms with Crippen molar-refractivity contribution in [2.75, 3.05) is 20.3 Å². The molecule has 2 heterocycles. The van der Waals surface area contributed by atoms with E-state index in [0.717, 1.165) is 40.8 Å². The fourth-order valence-electron chi connectivity index (χ4n) is 1.61. The molecule has 18 heavy (non-hydrogen) atoms. The number of furan rings is 1. The van der Waals surface area contributed by atoms with Gasteiger partial charge in [-0.2, -0.15) is 0 Å². The first-order valence-electron chi connectivity index (χ1n) is 5.94. The van der Waals surface area contributed by atoms with E-state index >= 15 is 0 Å². The van der Waals surface area contributed by atoms with Crippen molar-refractivity contribution in [1.82, 2.24) is 15.5 Å². The van der Waals surface area contributed by atoms with Gasteiger partial charge in [0.25, 0.3) is 0 Å². The summed E-state index contributed by atoms with van der Waals surface area (Å²) in [6, 6.07) is 1.95. The third kappa shape index (κ3) is 3.16. The van der Waals surface area contributed by atoms with E-state index in [0.29, 0.717) is 6.61 Å². The highest BCUT2D eigenvalue weighted by atomic mass is 32.1. The maximum atomic E-state index is 5.40. The Labute approximate surface area is 110 Å². The van der Waals surface area contributed by atoms with Crippen molar-refractivity contribution in [2.24, 2.45) is 0 Å². The van der Waals surface area contributed by atoms with Gasteiger partial charge < -0.3 is 14.5 Å². The van der Waals surface area contributed by atoms with Crippen LogP contribution >= 0.6 is 11.3 Å². The summed E-state index contributed by atoms with van der Waals surface area (Å²) in [7, 11) is 1.69. The lowest BCUT2D eigenvalue weighted by Crippen LogP contribution is -2.18. The van der Waals surface area contributed by atoms with E-state index in [2.05, 4.69) is 22.4 Å². The molecule has 0 spiro atoms. The number of methoxy groups -OCH3 is 1. The van der Waals surface area contributed by atoms with Crippen LogP contribution in [-0.4, -0.2) is 30.5 Å². The van der Waals surface area contributed by atoms with E-state index in [9.17, 15) is 0 Å². The fourth-order valence-corrected chi connectivity index (χ4v) is 2.46. The summed E-state index contributed by atoms with van der Waals surface area (Å²) < 4.78 is 10.4. The summed E-state index contributed by atoms with van der Waals surface area (Å²) >= 11 is 1.59. The Hall–Kier alpha value is -1.24. The summed E-state index contributed by atoms with van der Waals surface area (Å²) in [5.74, 6) is 0.963. The maximum absolute atomic E-state index is 5.40. The molecule has 98 valence electrons. The van der Waals surface area contributed by atoms with Crippen molar-refractivity contribution < 1.29 is 9.15 Å². The minimum absolute atomic E-state index is 0.702. The van der Waals surface area contributed by atoms with Crippen LogP contribution in [0.25, 0.3) is 10.6 Å². The minimum Gasteiger partial charge on any atom is -0.469 e. The summed E-state index contributed by atoms with van der Waals surface area (Å²) in [6.07, 6.45) is 2.56. The van der Waals surface area contributed by atoms with Crippen molar-refractivity contribution in [3.8, 4) is 10.6 Å². The molecule has 0 aromatic carbocycles. The largest absolute Gasteiger partial charge is 0.469 e. The molecule has 0 saturated carbocycles. The average molecular weight is 267 g/mol. The standard InChI is InChI=1S/C12H17N3O2S/c1-3-10-9(4-6-17-10)12-15-14-11(18-12)8-13-5-7-16-2/h4,6,13H,3,5,7-8H2,1-2H3. The zero-order chi connectivity index (χ0) is 12.8. The Kier molecular flexibility index (Phi) is 4.86. The van der Waals surface area contributed by atoms with Crippen LogP contribution in [0.5, 0.6) is 0 Å². The molecule has 0 aliphatic heterocycles. The zero-order valence-corrected chi connectivity index (χ0v) is 11.4. The number of hydrogen-bond acceptors (Lipinski definition) is 6. The molecule has 2 rings (SSSR count). The Balaban J connectivity index is 1.97. The first-order valence-corrected chi connectivity index (χ1v) is 6.75. The molecule has 0 aliphatic carbocycles. The number of rotatable bonds is 7. The molecule has 0 radical (unpaired) electrons. The topological polar surface area (TPSA) is 60.2 Å². The molecule has 2 aromatic heterocycles. The first kappa shape index (κ1) is 13.2. The Morgan fingerprint density at radius 1 is 1.44 bits per heavy atom. The molecule has 2 aromatic rings. The maximum Gasteiger partial charge on any atom is 0.151 e. The molecule has 0 atom stereocenters. The van der Waals surface area contributed by atoms with Crippen LogP contribution in [-0.2, 0) is 17.7 Å². The van der Waals surface area contributed by atoms with E-state index in [1.54, 1.807) is 24.7 Å². The fraction of sp³-hybridized carbons (Fsp3) is 0.500. The van der Waals surface area contributed by atoms with Crippen LogP contribution in [0.15, 0.2) is 16.7 Å². The highest BCUT2D eigenvalue weighted by Gasteiger charge is 2.12. The Morgan fingerprint density at radius 2 is 2.33 bits per heavy atom. The molecular formula is C12H17N3O2S. The lowest BCUT2D eigenvalue weighted by Gasteiger charge is -1.99. The summed E-state index contributed by atoms with van der Waals surface area (Å²) in [5, 5.41) is 13.5. The molecule has 0 amide bonds. The van der Waals surface area contributed by atoms with Crippen LogP contribution in [0, 0.1) is 0 Å². The van der Waals surface area contributed by atoms with Gasteiger partial charge in [0.15, 0.2) is 5.01 Å². The molecule has 0 bridgehead atoms. The van der Waals surface area contributed by atoms with Crippen LogP contribution in [0.4, 0.5) is 0 Å². The molecule has 6 heteroatoms. The van der Waals surface area contributed by atoms with Gasteiger partial charge in [0.2, 0.25) is 0 Å². The average Bonchev–Trinajstić information content (AvgIpc) is 3.02. The monoisotopic (exact) mass is 267 g/mol. The van der Waals surface area contributed by atoms with Gasteiger partial charge in [-0.05, 0) is 6.07 Å². The normalized spacial score (nSPS) is 11.0. The second kappa shape index (κ2) is 6.63. The molecule has 0 aliphatic rings. The minimum atomic E-state index is 0.702. The van der Waals surface area contributed by atoms with Crippen LogP contribution in [0.1, 0.15) is 17.7 Å². The molecular weight excluding hydrogens is 250 g/mol. The predicted octanol–water partition coefficient (Wildman–Crippen LogP) is 2.10.